The molecule has 0 spiro atoms. The second kappa shape index (κ2) is 6.85. The van der Waals surface area contributed by atoms with Gasteiger partial charge in [-0.25, -0.2) is 5.48 Å². The SMILES string of the molecule is CC(=O)c1ccccc1C(=O)N(C)c1ccc(C(=O)NO)cc1. The zero-order valence-electron chi connectivity index (χ0n) is 12.7. The summed E-state index contributed by atoms with van der Waals surface area (Å²) >= 11 is 0. The number of nitrogens with one attached hydrogen (secondary N) is 1. The van der Waals surface area contributed by atoms with Gasteiger partial charge in [-0.2, -0.15) is 0 Å². The molecule has 0 aliphatic rings. The third-order valence-corrected chi connectivity index (χ3v) is 3.46. The highest BCUT2D eigenvalue weighted by molar-refractivity contribution is 6.13. The number of carbonyl (C=O) groups is 3. The molecule has 0 radical (unpaired) electrons. The lowest BCUT2D eigenvalue weighted by Crippen LogP contribution is -2.28. The molecule has 0 atom stereocenters. The second-order valence-corrected chi connectivity index (χ2v) is 4.95. The molecule has 6 nitrogen and oxygen atoms in total. The van der Waals surface area contributed by atoms with Crippen molar-refractivity contribution in [1.29, 1.82) is 0 Å². The molecule has 2 rings (SSSR count). The predicted octanol–water partition coefficient (Wildman–Crippen LogP) is 2.28. The number of benzene rings is 2. The summed E-state index contributed by atoms with van der Waals surface area (Å²) in [7, 11) is 1.58. The summed E-state index contributed by atoms with van der Waals surface area (Å²) in [5.41, 5.74) is 3.05. The Morgan fingerprint density at radius 2 is 1.52 bits per heavy atom. The van der Waals surface area contributed by atoms with Gasteiger partial charge in [-0.3, -0.25) is 19.6 Å². The molecule has 0 saturated carbocycles. The van der Waals surface area contributed by atoms with E-state index in [1.807, 2.05) is 0 Å². The van der Waals surface area contributed by atoms with Gasteiger partial charge in [0.05, 0.1) is 5.56 Å². The van der Waals surface area contributed by atoms with Crippen LogP contribution in [0.4, 0.5) is 5.69 Å². The Bertz CT molecular complexity index is 753. The first-order valence-corrected chi connectivity index (χ1v) is 6.88. The largest absolute Gasteiger partial charge is 0.311 e. The summed E-state index contributed by atoms with van der Waals surface area (Å²) in [6, 6.07) is 12.8. The highest BCUT2D eigenvalue weighted by atomic mass is 16.5. The number of anilines is 1. The Morgan fingerprint density at radius 3 is 2.04 bits per heavy atom. The minimum absolute atomic E-state index is 0.183. The van der Waals surface area contributed by atoms with Crippen LogP contribution in [0.25, 0.3) is 0 Å². The van der Waals surface area contributed by atoms with Crippen LogP contribution in [0.1, 0.15) is 38.0 Å². The zero-order valence-corrected chi connectivity index (χ0v) is 12.7. The normalized spacial score (nSPS) is 10.0. The van der Waals surface area contributed by atoms with Crippen LogP contribution in [0.15, 0.2) is 48.5 Å². The molecule has 0 bridgehead atoms. The van der Waals surface area contributed by atoms with E-state index in [0.29, 0.717) is 16.8 Å². The number of nitrogens with zero attached hydrogens (tertiary/aromatic N) is 1. The summed E-state index contributed by atoms with van der Waals surface area (Å²) < 4.78 is 0. The highest BCUT2D eigenvalue weighted by Gasteiger charge is 2.18. The molecule has 23 heavy (non-hydrogen) atoms. The van der Waals surface area contributed by atoms with Crippen molar-refractivity contribution in [2.45, 2.75) is 6.92 Å². The molecule has 6 heteroatoms. The minimum atomic E-state index is -0.632. The van der Waals surface area contributed by atoms with Gasteiger partial charge in [-0.15, -0.1) is 0 Å². The molecule has 2 aromatic carbocycles. The number of ketones is 1. The average Bonchev–Trinajstić information content (AvgIpc) is 2.59. The number of Topliss-reactive ketones (excluding diaryl/α,β-unsaturated/α-hetero) is 1. The predicted molar refractivity (Wildman–Crippen MR) is 84.9 cm³/mol. The second-order valence-electron chi connectivity index (χ2n) is 4.95. The van der Waals surface area contributed by atoms with Gasteiger partial charge in [0.2, 0.25) is 0 Å². The van der Waals surface area contributed by atoms with E-state index in [0.717, 1.165) is 0 Å². The summed E-state index contributed by atoms with van der Waals surface area (Å²) in [5, 5.41) is 8.59. The number of hydrogen-bond acceptors (Lipinski definition) is 4. The molecular formula is C17H16N2O4. The fourth-order valence-corrected chi connectivity index (χ4v) is 2.18. The van der Waals surface area contributed by atoms with Crippen molar-refractivity contribution in [3.63, 3.8) is 0 Å². The number of hydroxylamine groups is 1. The molecule has 0 unspecified atom stereocenters. The Hall–Kier alpha value is -2.99. The average molecular weight is 312 g/mol. The van der Waals surface area contributed by atoms with Gasteiger partial charge in [0.25, 0.3) is 11.8 Å². The smallest absolute Gasteiger partial charge is 0.274 e. The Balaban J connectivity index is 2.30. The van der Waals surface area contributed by atoms with E-state index in [1.54, 1.807) is 48.9 Å². The first-order chi connectivity index (χ1) is 11.0. The highest BCUT2D eigenvalue weighted by Crippen LogP contribution is 2.19. The van der Waals surface area contributed by atoms with Crippen LogP contribution in [-0.2, 0) is 0 Å². The van der Waals surface area contributed by atoms with Crippen LogP contribution in [0.3, 0.4) is 0 Å². The first kappa shape index (κ1) is 16.4. The molecule has 2 amide bonds. The lowest BCUT2D eigenvalue weighted by molar-refractivity contribution is 0.0706. The molecule has 0 heterocycles. The van der Waals surface area contributed by atoms with Gasteiger partial charge in [0, 0.05) is 23.9 Å². The van der Waals surface area contributed by atoms with E-state index in [-0.39, 0.29) is 17.3 Å². The number of amides is 2. The molecule has 0 aliphatic carbocycles. The molecule has 0 fully saturated rings. The lowest BCUT2D eigenvalue weighted by atomic mass is 10.0. The third-order valence-electron chi connectivity index (χ3n) is 3.46. The van der Waals surface area contributed by atoms with Crippen molar-refractivity contribution in [2.24, 2.45) is 0 Å². The number of carbonyl (C=O) groups excluding carboxylic acids is 3. The summed E-state index contributed by atoms with van der Waals surface area (Å²) in [6.07, 6.45) is 0. The minimum Gasteiger partial charge on any atom is -0.311 e. The summed E-state index contributed by atoms with van der Waals surface area (Å²) in [5.74, 6) is -1.14. The Morgan fingerprint density at radius 1 is 0.957 bits per heavy atom. The molecule has 118 valence electrons. The van der Waals surface area contributed by atoms with E-state index < -0.39 is 5.91 Å². The molecule has 2 aromatic rings. The topological polar surface area (TPSA) is 86.7 Å². The zero-order chi connectivity index (χ0) is 17.0. The maximum Gasteiger partial charge on any atom is 0.274 e. The lowest BCUT2D eigenvalue weighted by Gasteiger charge is -2.19. The van der Waals surface area contributed by atoms with Crippen LogP contribution < -0.4 is 10.4 Å². The monoisotopic (exact) mass is 312 g/mol. The van der Waals surface area contributed by atoms with Gasteiger partial charge in [-0.1, -0.05) is 18.2 Å². The maximum absolute atomic E-state index is 12.6. The molecular weight excluding hydrogens is 296 g/mol. The quantitative estimate of drug-likeness (QED) is 0.515. The fourth-order valence-electron chi connectivity index (χ4n) is 2.18. The van der Waals surface area contributed by atoms with E-state index >= 15 is 0 Å². The van der Waals surface area contributed by atoms with Crippen molar-refractivity contribution in [3.8, 4) is 0 Å². The first-order valence-electron chi connectivity index (χ1n) is 6.88. The van der Waals surface area contributed by atoms with Crippen molar-refractivity contribution < 1.29 is 19.6 Å². The summed E-state index contributed by atoms with van der Waals surface area (Å²) in [6.45, 7) is 1.41. The van der Waals surface area contributed by atoms with Crippen molar-refractivity contribution in [3.05, 3.63) is 65.2 Å². The van der Waals surface area contributed by atoms with Crippen LogP contribution >= 0.6 is 0 Å². The standard InChI is InChI=1S/C17H16N2O4/c1-11(20)14-5-3-4-6-15(14)17(22)19(2)13-9-7-12(8-10-13)16(21)18-23/h3-10,23H,1-2H3,(H,18,21). The molecule has 0 aliphatic heterocycles. The van der Waals surface area contributed by atoms with Gasteiger partial charge < -0.3 is 4.90 Å². The van der Waals surface area contributed by atoms with Crippen molar-refractivity contribution in [1.82, 2.24) is 5.48 Å². The molecule has 0 aromatic heterocycles. The van der Waals surface area contributed by atoms with E-state index in [4.69, 9.17) is 5.21 Å². The molecule has 0 saturated heterocycles. The number of rotatable bonds is 4. The Kier molecular flexibility index (Phi) is 4.88. The van der Waals surface area contributed by atoms with Crippen LogP contribution in [0.5, 0.6) is 0 Å². The van der Waals surface area contributed by atoms with Crippen molar-refractivity contribution >= 4 is 23.3 Å². The van der Waals surface area contributed by atoms with E-state index in [9.17, 15) is 14.4 Å². The van der Waals surface area contributed by atoms with Crippen molar-refractivity contribution in [2.75, 3.05) is 11.9 Å². The number of hydrogen-bond donors (Lipinski definition) is 2. The van der Waals surface area contributed by atoms with E-state index in [1.165, 1.54) is 24.0 Å². The van der Waals surface area contributed by atoms with Gasteiger partial charge >= 0.3 is 0 Å². The molecule has 2 N–H and O–H groups in total. The fraction of sp³-hybridized carbons (Fsp3) is 0.118. The van der Waals surface area contributed by atoms with E-state index in [2.05, 4.69) is 0 Å². The van der Waals surface area contributed by atoms with Gasteiger partial charge in [-0.05, 0) is 37.3 Å². The van der Waals surface area contributed by atoms with Crippen LogP contribution in [0.2, 0.25) is 0 Å². The van der Waals surface area contributed by atoms with Gasteiger partial charge in [0.15, 0.2) is 5.78 Å². The maximum atomic E-state index is 12.6. The van der Waals surface area contributed by atoms with Crippen LogP contribution in [0, 0.1) is 0 Å². The third kappa shape index (κ3) is 3.44. The van der Waals surface area contributed by atoms with Crippen LogP contribution in [-0.4, -0.2) is 29.9 Å². The van der Waals surface area contributed by atoms with Gasteiger partial charge in [0.1, 0.15) is 0 Å². The summed E-state index contributed by atoms with van der Waals surface area (Å²) in [4.78, 5) is 36.9. The Labute approximate surface area is 133 Å².